The summed E-state index contributed by atoms with van der Waals surface area (Å²) in [5.74, 6) is 0.434. The van der Waals surface area contributed by atoms with Gasteiger partial charge in [0.05, 0.1) is 0 Å². The van der Waals surface area contributed by atoms with Crippen LogP contribution in [0.25, 0.3) is 0 Å². The molecule has 2 nitrogen and oxygen atoms in total. The summed E-state index contributed by atoms with van der Waals surface area (Å²) in [6, 6.07) is 5.76. The van der Waals surface area contributed by atoms with Gasteiger partial charge < -0.3 is 10.8 Å². The third-order valence-electron chi connectivity index (χ3n) is 2.48. The van der Waals surface area contributed by atoms with E-state index in [-0.39, 0.29) is 12.6 Å². The number of aliphatic hydroxyl groups excluding tert-OH is 1. The van der Waals surface area contributed by atoms with E-state index in [1.54, 1.807) is 0 Å². The normalized spacial score (nSPS) is 13.2. The van der Waals surface area contributed by atoms with E-state index in [2.05, 4.69) is 19.9 Å². The molecule has 0 saturated carbocycles. The van der Waals surface area contributed by atoms with Crippen molar-refractivity contribution >= 4 is 11.6 Å². The van der Waals surface area contributed by atoms with Gasteiger partial charge in [-0.1, -0.05) is 31.5 Å². The van der Waals surface area contributed by atoms with Crippen LogP contribution in [0.1, 0.15) is 43.4 Å². The molecule has 0 aliphatic rings. The maximum atomic E-state index is 8.83. The first kappa shape index (κ1) is 12.5. The molecule has 0 aromatic heterocycles. The summed E-state index contributed by atoms with van der Waals surface area (Å²) < 4.78 is 0. The molecule has 1 atom stereocenters. The van der Waals surface area contributed by atoms with Gasteiger partial charge in [-0.2, -0.15) is 0 Å². The zero-order valence-electron chi connectivity index (χ0n) is 9.20. The van der Waals surface area contributed by atoms with Gasteiger partial charge in [-0.05, 0) is 35.6 Å². The zero-order chi connectivity index (χ0) is 11.4. The molecule has 0 fully saturated rings. The summed E-state index contributed by atoms with van der Waals surface area (Å²) in [6.45, 7) is 4.34. The van der Waals surface area contributed by atoms with Gasteiger partial charge in [0.15, 0.2) is 0 Å². The lowest BCUT2D eigenvalue weighted by Gasteiger charge is -2.14. The fraction of sp³-hybridized carbons (Fsp3) is 0.500. The Morgan fingerprint density at radius 2 is 1.87 bits per heavy atom. The highest BCUT2D eigenvalue weighted by Crippen LogP contribution is 2.25. The fourth-order valence-corrected chi connectivity index (χ4v) is 1.74. The first-order chi connectivity index (χ1) is 7.04. The topological polar surface area (TPSA) is 46.2 Å². The monoisotopic (exact) mass is 227 g/mol. The van der Waals surface area contributed by atoms with Gasteiger partial charge in [-0.25, -0.2) is 0 Å². The summed E-state index contributed by atoms with van der Waals surface area (Å²) in [5.41, 5.74) is 8.11. The quantitative estimate of drug-likeness (QED) is 0.831. The molecule has 0 radical (unpaired) electrons. The highest BCUT2D eigenvalue weighted by atomic mass is 35.5. The van der Waals surface area contributed by atoms with E-state index in [9.17, 15) is 0 Å². The Balaban J connectivity index is 2.98. The molecule has 0 aliphatic heterocycles. The summed E-state index contributed by atoms with van der Waals surface area (Å²) in [4.78, 5) is 0. The van der Waals surface area contributed by atoms with E-state index in [1.165, 1.54) is 5.56 Å². The van der Waals surface area contributed by atoms with Gasteiger partial charge in [-0.15, -0.1) is 0 Å². The molecule has 1 aromatic carbocycles. The van der Waals surface area contributed by atoms with E-state index in [0.29, 0.717) is 17.4 Å². The van der Waals surface area contributed by atoms with Crippen LogP contribution in [0.5, 0.6) is 0 Å². The largest absolute Gasteiger partial charge is 0.396 e. The number of hydrogen-bond donors (Lipinski definition) is 2. The molecule has 0 spiro atoms. The summed E-state index contributed by atoms with van der Waals surface area (Å²) in [5, 5.41) is 9.55. The molecule has 0 heterocycles. The molecular formula is C12H18ClNO. The first-order valence-electron chi connectivity index (χ1n) is 5.21. The van der Waals surface area contributed by atoms with E-state index in [4.69, 9.17) is 22.4 Å². The molecule has 0 amide bonds. The van der Waals surface area contributed by atoms with Crippen molar-refractivity contribution in [1.82, 2.24) is 0 Å². The summed E-state index contributed by atoms with van der Waals surface area (Å²) >= 11 is 6.02. The molecule has 1 aromatic rings. The lowest BCUT2D eigenvalue weighted by atomic mass is 9.97. The lowest BCUT2D eigenvalue weighted by Crippen LogP contribution is -2.12. The molecule has 3 heteroatoms. The molecule has 1 rings (SSSR count). The SMILES string of the molecule is CC(C)c1cc(Cl)cc(C(N)CCO)c1. The predicted molar refractivity (Wildman–Crippen MR) is 64.2 cm³/mol. The van der Waals surface area contributed by atoms with Crippen molar-refractivity contribution in [2.45, 2.75) is 32.2 Å². The van der Waals surface area contributed by atoms with Crippen LogP contribution >= 0.6 is 11.6 Å². The molecule has 0 bridgehead atoms. The number of nitrogens with two attached hydrogens (primary N) is 1. The van der Waals surface area contributed by atoms with E-state index >= 15 is 0 Å². The van der Waals surface area contributed by atoms with Crippen LogP contribution in [0.2, 0.25) is 5.02 Å². The Morgan fingerprint density at radius 3 is 2.40 bits per heavy atom. The van der Waals surface area contributed by atoms with Crippen molar-refractivity contribution in [3.8, 4) is 0 Å². The second-order valence-corrected chi connectivity index (χ2v) is 4.53. The summed E-state index contributed by atoms with van der Waals surface area (Å²) in [7, 11) is 0. The Hall–Kier alpha value is -0.570. The number of benzene rings is 1. The molecule has 1 unspecified atom stereocenters. The highest BCUT2D eigenvalue weighted by molar-refractivity contribution is 6.30. The number of rotatable bonds is 4. The Morgan fingerprint density at radius 1 is 1.27 bits per heavy atom. The van der Waals surface area contributed by atoms with Crippen molar-refractivity contribution in [3.05, 3.63) is 34.3 Å². The Labute approximate surface area is 96.1 Å². The van der Waals surface area contributed by atoms with Crippen LogP contribution < -0.4 is 5.73 Å². The second kappa shape index (κ2) is 5.50. The molecule has 0 saturated heterocycles. The second-order valence-electron chi connectivity index (χ2n) is 4.09. The predicted octanol–water partition coefficient (Wildman–Crippen LogP) is 2.85. The Kier molecular flexibility index (Phi) is 4.58. The fourth-order valence-electron chi connectivity index (χ4n) is 1.49. The van der Waals surface area contributed by atoms with Crippen LogP contribution in [-0.4, -0.2) is 11.7 Å². The van der Waals surface area contributed by atoms with Gasteiger partial charge in [0, 0.05) is 17.7 Å². The van der Waals surface area contributed by atoms with Gasteiger partial charge >= 0.3 is 0 Å². The number of hydrogen-bond acceptors (Lipinski definition) is 2. The molecule has 15 heavy (non-hydrogen) atoms. The summed E-state index contributed by atoms with van der Waals surface area (Å²) in [6.07, 6.45) is 0.567. The van der Waals surface area contributed by atoms with Crippen molar-refractivity contribution in [2.24, 2.45) is 5.73 Å². The number of aliphatic hydroxyl groups is 1. The molecule has 3 N–H and O–H groups in total. The molecular weight excluding hydrogens is 210 g/mol. The minimum atomic E-state index is -0.133. The average Bonchev–Trinajstić information content (AvgIpc) is 2.17. The van der Waals surface area contributed by atoms with Crippen molar-refractivity contribution in [2.75, 3.05) is 6.61 Å². The first-order valence-corrected chi connectivity index (χ1v) is 5.59. The highest BCUT2D eigenvalue weighted by Gasteiger charge is 2.09. The van der Waals surface area contributed by atoms with Crippen LogP contribution in [-0.2, 0) is 0 Å². The van der Waals surface area contributed by atoms with Crippen molar-refractivity contribution in [3.63, 3.8) is 0 Å². The van der Waals surface area contributed by atoms with Crippen molar-refractivity contribution < 1.29 is 5.11 Å². The zero-order valence-corrected chi connectivity index (χ0v) is 9.96. The minimum absolute atomic E-state index is 0.102. The van der Waals surface area contributed by atoms with Gasteiger partial charge in [0.1, 0.15) is 0 Å². The van der Waals surface area contributed by atoms with E-state index in [1.807, 2.05) is 12.1 Å². The molecule has 84 valence electrons. The van der Waals surface area contributed by atoms with E-state index < -0.39 is 0 Å². The van der Waals surface area contributed by atoms with Gasteiger partial charge in [-0.3, -0.25) is 0 Å². The maximum absolute atomic E-state index is 8.83. The maximum Gasteiger partial charge on any atom is 0.0449 e. The lowest BCUT2D eigenvalue weighted by molar-refractivity contribution is 0.276. The average molecular weight is 228 g/mol. The van der Waals surface area contributed by atoms with Gasteiger partial charge in [0.2, 0.25) is 0 Å². The molecule has 0 aliphatic carbocycles. The van der Waals surface area contributed by atoms with Crippen LogP contribution in [0.3, 0.4) is 0 Å². The van der Waals surface area contributed by atoms with Crippen LogP contribution in [0.4, 0.5) is 0 Å². The van der Waals surface area contributed by atoms with Crippen LogP contribution in [0.15, 0.2) is 18.2 Å². The number of halogens is 1. The van der Waals surface area contributed by atoms with Crippen LogP contribution in [0, 0.1) is 0 Å². The minimum Gasteiger partial charge on any atom is -0.396 e. The van der Waals surface area contributed by atoms with E-state index in [0.717, 1.165) is 5.56 Å². The standard InChI is InChI=1S/C12H18ClNO/c1-8(2)9-5-10(7-11(13)6-9)12(14)3-4-15/h5-8,12,15H,3-4,14H2,1-2H3. The Bertz CT molecular complexity index is 325. The smallest absolute Gasteiger partial charge is 0.0449 e. The third kappa shape index (κ3) is 3.49. The van der Waals surface area contributed by atoms with Gasteiger partial charge in [0.25, 0.3) is 0 Å². The van der Waals surface area contributed by atoms with Crippen molar-refractivity contribution in [1.29, 1.82) is 0 Å². The third-order valence-corrected chi connectivity index (χ3v) is 2.70.